The van der Waals surface area contributed by atoms with Gasteiger partial charge in [-0.1, -0.05) is 12.1 Å². The molecule has 0 saturated heterocycles. The van der Waals surface area contributed by atoms with Crippen molar-refractivity contribution < 1.29 is 23.8 Å². The number of ether oxygens (including phenoxy) is 3. The molecule has 22 heavy (non-hydrogen) atoms. The lowest BCUT2D eigenvalue weighted by Gasteiger charge is -2.11. The molecule has 0 spiro atoms. The third-order valence-electron chi connectivity index (χ3n) is 2.55. The van der Waals surface area contributed by atoms with Gasteiger partial charge >= 0.3 is 0 Å². The molecule has 0 aliphatic rings. The van der Waals surface area contributed by atoms with E-state index in [2.05, 4.69) is 15.4 Å². The summed E-state index contributed by atoms with van der Waals surface area (Å²) in [5, 5.41) is 5.24. The van der Waals surface area contributed by atoms with Gasteiger partial charge < -0.3 is 24.8 Å². The Bertz CT molecular complexity index is 479. The van der Waals surface area contributed by atoms with Gasteiger partial charge in [0.25, 0.3) is 5.91 Å². The molecule has 0 heterocycles. The summed E-state index contributed by atoms with van der Waals surface area (Å²) >= 11 is 0. The van der Waals surface area contributed by atoms with Crippen LogP contribution < -0.4 is 20.1 Å². The smallest absolute Gasteiger partial charge is 0.258 e. The standard InChI is InChI=1S/C15H22N2O5/c1-3-21-12-6-4-5-7-13(12)22-11-15(19)17-9-8-16-14(18)10-20-2/h4-7H,3,8-11H2,1-2H3,(H,16,18)(H,17,19). The van der Waals surface area contributed by atoms with Crippen LogP contribution in [0.1, 0.15) is 6.92 Å². The number of hydrogen-bond donors (Lipinski definition) is 2. The molecule has 0 atom stereocenters. The fourth-order valence-electron chi connectivity index (χ4n) is 1.62. The Morgan fingerprint density at radius 1 is 0.955 bits per heavy atom. The maximum atomic E-state index is 11.6. The molecule has 0 aliphatic carbocycles. The monoisotopic (exact) mass is 310 g/mol. The number of carbonyl (C=O) groups is 2. The van der Waals surface area contributed by atoms with Gasteiger partial charge in [0.2, 0.25) is 5.91 Å². The average Bonchev–Trinajstić information content (AvgIpc) is 2.51. The summed E-state index contributed by atoms with van der Waals surface area (Å²) in [4.78, 5) is 22.8. The minimum atomic E-state index is -0.271. The Hall–Kier alpha value is -2.28. The quantitative estimate of drug-likeness (QED) is 0.609. The van der Waals surface area contributed by atoms with Crippen LogP contribution in [0.2, 0.25) is 0 Å². The van der Waals surface area contributed by atoms with E-state index in [1.54, 1.807) is 18.2 Å². The summed E-state index contributed by atoms with van der Waals surface area (Å²) in [7, 11) is 1.44. The van der Waals surface area contributed by atoms with Crippen LogP contribution in [0.25, 0.3) is 0 Å². The highest BCUT2D eigenvalue weighted by Gasteiger charge is 2.07. The predicted octanol–water partition coefficient (Wildman–Crippen LogP) is 0.343. The third-order valence-corrected chi connectivity index (χ3v) is 2.55. The first-order valence-corrected chi connectivity index (χ1v) is 7.04. The minimum absolute atomic E-state index is 0.00523. The van der Waals surface area contributed by atoms with Gasteiger partial charge in [-0.15, -0.1) is 0 Å². The van der Waals surface area contributed by atoms with E-state index in [1.807, 2.05) is 13.0 Å². The summed E-state index contributed by atoms with van der Waals surface area (Å²) in [5.74, 6) is 0.628. The fourth-order valence-corrected chi connectivity index (χ4v) is 1.62. The van der Waals surface area contributed by atoms with Crippen molar-refractivity contribution in [1.82, 2.24) is 10.6 Å². The zero-order valence-electron chi connectivity index (χ0n) is 12.9. The highest BCUT2D eigenvalue weighted by Crippen LogP contribution is 2.26. The van der Waals surface area contributed by atoms with E-state index in [0.29, 0.717) is 31.2 Å². The van der Waals surface area contributed by atoms with E-state index in [0.717, 1.165) is 0 Å². The second-order valence-corrected chi connectivity index (χ2v) is 4.30. The van der Waals surface area contributed by atoms with Gasteiger partial charge in [-0.25, -0.2) is 0 Å². The lowest BCUT2D eigenvalue weighted by atomic mass is 10.3. The molecule has 0 aromatic heterocycles. The number of hydrogen-bond acceptors (Lipinski definition) is 5. The Labute approximate surface area is 129 Å². The second-order valence-electron chi connectivity index (χ2n) is 4.30. The van der Waals surface area contributed by atoms with Crippen molar-refractivity contribution >= 4 is 11.8 Å². The highest BCUT2D eigenvalue weighted by molar-refractivity contribution is 5.78. The van der Waals surface area contributed by atoms with Crippen LogP contribution in [0.15, 0.2) is 24.3 Å². The normalized spacial score (nSPS) is 9.91. The summed E-state index contributed by atoms with van der Waals surface area (Å²) in [6.07, 6.45) is 0. The predicted molar refractivity (Wildman–Crippen MR) is 81.0 cm³/mol. The zero-order chi connectivity index (χ0) is 16.2. The molecule has 7 nitrogen and oxygen atoms in total. The molecule has 2 amide bonds. The third kappa shape index (κ3) is 6.94. The van der Waals surface area contributed by atoms with Gasteiger partial charge in [0, 0.05) is 20.2 Å². The van der Waals surface area contributed by atoms with Gasteiger partial charge in [-0.3, -0.25) is 9.59 Å². The SMILES string of the molecule is CCOc1ccccc1OCC(=O)NCCNC(=O)COC. The Morgan fingerprint density at radius 3 is 2.05 bits per heavy atom. The summed E-state index contributed by atoms with van der Waals surface area (Å²) in [6, 6.07) is 7.16. The Kier molecular flexibility index (Phi) is 8.44. The van der Waals surface area contributed by atoms with Crippen LogP contribution in [0.5, 0.6) is 11.5 Å². The number of para-hydroxylation sites is 2. The van der Waals surface area contributed by atoms with Gasteiger partial charge in [0.15, 0.2) is 18.1 Å². The number of amides is 2. The summed E-state index contributed by atoms with van der Waals surface area (Å²) in [6.45, 7) is 2.95. The molecule has 122 valence electrons. The molecule has 1 aromatic carbocycles. The van der Waals surface area contributed by atoms with E-state index in [-0.39, 0.29) is 25.0 Å². The maximum absolute atomic E-state index is 11.6. The molecular formula is C15H22N2O5. The largest absolute Gasteiger partial charge is 0.490 e. The van der Waals surface area contributed by atoms with Crippen molar-refractivity contribution in [2.24, 2.45) is 0 Å². The number of methoxy groups -OCH3 is 1. The van der Waals surface area contributed by atoms with Crippen LogP contribution in [0.4, 0.5) is 0 Å². The maximum Gasteiger partial charge on any atom is 0.258 e. The second kappa shape index (κ2) is 10.4. The molecule has 0 radical (unpaired) electrons. The first-order chi connectivity index (χ1) is 10.7. The molecule has 0 fully saturated rings. The summed E-state index contributed by atoms with van der Waals surface area (Å²) in [5.41, 5.74) is 0. The Morgan fingerprint density at radius 2 is 1.50 bits per heavy atom. The molecule has 0 unspecified atom stereocenters. The molecule has 1 rings (SSSR count). The first kappa shape index (κ1) is 17.8. The van der Waals surface area contributed by atoms with E-state index in [9.17, 15) is 9.59 Å². The van der Waals surface area contributed by atoms with Crippen LogP contribution in [-0.2, 0) is 14.3 Å². The topological polar surface area (TPSA) is 85.9 Å². The van der Waals surface area contributed by atoms with E-state index in [4.69, 9.17) is 9.47 Å². The number of rotatable bonds is 10. The van der Waals surface area contributed by atoms with E-state index >= 15 is 0 Å². The summed E-state index contributed by atoms with van der Waals surface area (Å²) < 4.78 is 15.5. The molecule has 0 aliphatic heterocycles. The van der Waals surface area contributed by atoms with Gasteiger partial charge in [0.05, 0.1) is 6.61 Å². The molecule has 0 bridgehead atoms. The molecular weight excluding hydrogens is 288 g/mol. The highest BCUT2D eigenvalue weighted by atomic mass is 16.5. The number of benzene rings is 1. The van der Waals surface area contributed by atoms with Crippen LogP contribution >= 0.6 is 0 Å². The van der Waals surface area contributed by atoms with Crippen molar-refractivity contribution in [2.75, 3.05) is 40.0 Å². The zero-order valence-corrected chi connectivity index (χ0v) is 12.9. The van der Waals surface area contributed by atoms with E-state index in [1.165, 1.54) is 7.11 Å². The van der Waals surface area contributed by atoms with Crippen molar-refractivity contribution in [3.63, 3.8) is 0 Å². The molecule has 2 N–H and O–H groups in total. The molecule has 1 aromatic rings. The van der Waals surface area contributed by atoms with Gasteiger partial charge in [0.1, 0.15) is 6.61 Å². The van der Waals surface area contributed by atoms with Crippen LogP contribution in [0.3, 0.4) is 0 Å². The lowest BCUT2D eigenvalue weighted by molar-refractivity contribution is -0.125. The average molecular weight is 310 g/mol. The molecule has 0 saturated carbocycles. The van der Waals surface area contributed by atoms with Crippen molar-refractivity contribution in [3.05, 3.63) is 24.3 Å². The van der Waals surface area contributed by atoms with Crippen molar-refractivity contribution in [3.8, 4) is 11.5 Å². The number of carbonyl (C=O) groups excluding carboxylic acids is 2. The van der Waals surface area contributed by atoms with E-state index < -0.39 is 0 Å². The number of nitrogens with one attached hydrogen (secondary N) is 2. The minimum Gasteiger partial charge on any atom is -0.490 e. The fraction of sp³-hybridized carbons (Fsp3) is 0.467. The lowest BCUT2D eigenvalue weighted by Crippen LogP contribution is -2.37. The molecule has 7 heteroatoms. The van der Waals surface area contributed by atoms with Crippen LogP contribution in [0, 0.1) is 0 Å². The van der Waals surface area contributed by atoms with Crippen molar-refractivity contribution in [1.29, 1.82) is 0 Å². The first-order valence-electron chi connectivity index (χ1n) is 7.04. The Balaban J connectivity index is 2.24. The van der Waals surface area contributed by atoms with Crippen LogP contribution in [-0.4, -0.2) is 51.8 Å². The van der Waals surface area contributed by atoms with Crippen molar-refractivity contribution in [2.45, 2.75) is 6.92 Å². The van der Waals surface area contributed by atoms with Gasteiger partial charge in [-0.2, -0.15) is 0 Å². The van der Waals surface area contributed by atoms with Gasteiger partial charge in [-0.05, 0) is 19.1 Å².